The number of hydrogen-bond donors (Lipinski definition) is 1. The molecule has 0 bridgehead atoms. The molecule has 5 heteroatoms. The van der Waals surface area contributed by atoms with Crippen LogP contribution in [-0.4, -0.2) is 30.4 Å². The van der Waals surface area contributed by atoms with Crippen molar-refractivity contribution in [3.05, 3.63) is 16.9 Å². The zero-order chi connectivity index (χ0) is 12.6. The van der Waals surface area contributed by atoms with Gasteiger partial charge in [-0.1, -0.05) is 0 Å². The predicted molar refractivity (Wildman–Crippen MR) is 73.4 cm³/mol. The average molecular weight is 300 g/mol. The topological polar surface area (TPSA) is 37.4 Å². The number of pyridine rings is 1. The molecule has 94 valence electrons. The van der Waals surface area contributed by atoms with Crippen LogP contribution in [0.15, 0.2) is 16.9 Å². The van der Waals surface area contributed by atoms with Gasteiger partial charge in [-0.2, -0.15) is 0 Å². The van der Waals surface area contributed by atoms with Gasteiger partial charge in [-0.05, 0) is 42.8 Å². The Morgan fingerprint density at radius 1 is 1.47 bits per heavy atom. The summed E-state index contributed by atoms with van der Waals surface area (Å²) in [5.74, 6) is 0. The number of hydrogen-bond acceptors (Lipinski definition) is 4. The van der Waals surface area contributed by atoms with Crippen LogP contribution in [0.5, 0.6) is 0 Å². The van der Waals surface area contributed by atoms with Gasteiger partial charge in [-0.25, -0.2) is 4.98 Å². The maximum Gasteiger partial charge on any atom is 0.126 e. The van der Waals surface area contributed by atoms with Crippen molar-refractivity contribution in [2.75, 3.05) is 17.3 Å². The second-order valence-corrected chi connectivity index (χ2v) is 5.37. The summed E-state index contributed by atoms with van der Waals surface area (Å²) in [4.78, 5) is 6.58. The fourth-order valence-corrected chi connectivity index (χ4v) is 2.51. The van der Waals surface area contributed by atoms with E-state index in [2.05, 4.69) is 51.9 Å². The van der Waals surface area contributed by atoms with E-state index in [0.29, 0.717) is 6.04 Å². The molecule has 0 aliphatic carbocycles. The molecule has 2 atom stereocenters. The van der Waals surface area contributed by atoms with Gasteiger partial charge in [0.15, 0.2) is 0 Å². The minimum absolute atomic E-state index is 0.114. The van der Waals surface area contributed by atoms with E-state index in [-0.39, 0.29) is 12.3 Å². The van der Waals surface area contributed by atoms with Gasteiger partial charge in [0.2, 0.25) is 0 Å². The first-order valence-electron chi connectivity index (χ1n) is 5.77. The van der Waals surface area contributed by atoms with Crippen LogP contribution in [0.3, 0.4) is 0 Å². The second kappa shape index (κ2) is 4.82. The maximum atomic E-state index is 5.44. The summed E-state index contributed by atoms with van der Waals surface area (Å²) < 4.78 is 6.30. The van der Waals surface area contributed by atoms with Crippen LogP contribution in [0.25, 0.3) is 0 Å². The Morgan fingerprint density at radius 2 is 2.18 bits per heavy atom. The van der Waals surface area contributed by atoms with E-state index in [1.54, 1.807) is 7.11 Å². The minimum Gasteiger partial charge on any atom is -0.378 e. The Hall–Kier alpha value is -0.810. The summed E-state index contributed by atoms with van der Waals surface area (Å²) in [6.45, 7) is 6.43. The molecular formula is C12H18BrN3O. The number of methoxy groups -OCH3 is 1. The van der Waals surface area contributed by atoms with Crippen LogP contribution >= 0.6 is 15.9 Å². The highest BCUT2D eigenvalue weighted by molar-refractivity contribution is 9.10. The van der Waals surface area contributed by atoms with Crippen molar-refractivity contribution in [2.45, 2.75) is 39.1 Å². The molecule has 1 aliphatic rings. The molecule has 2 unspecified atom stereocenters. The fourth-order valence-electron chi connectivity index (χ4n) is 2.20. The van der Waals surface area contributed by atoms with Crippen molar-refractivity contribution in [2.24, 2.45) is 0 Å². The Labute approximate surface area is 110 Å². The van der Waals surface area contributed by atoms with Crippen LogP contribution in [0, 0.1) is 0 Å². The van der Waals surface area contributed by atoms with Crippen molar-refractivity contribution in [3.8, 4) is 0 Å². The predicted octanol–water partition coefficient (Wildman–Crippen LogP) is 2.85. The third-order valence-electron chi connectivity index (χ3n) is 3.10. The highest BCUT2D eigenvalue weighted by atomic mass is 79.9. The Morgan fingerprint density at radius 3 is 2.76 bits per heavy atom. The number of nitrogens with one attached hydrogen (secondary N) is 1. The lowest BCUT2D eigenvalue weighted by Gasteiger charge is -2.33. The maximum absolute atomic E-state index is 5.44. The van der Waals surface area contributed by atoms with Crippen LogP contribution < -0.4 is 10.2 Å². The second-order valence-electron chi connectivity index (χ2n) is 4.56. The van der Waals surface area contributed by atoms with Gasteiger partial charge in [0.25, 0.3) is 0 Å². The van der Waals surface area contributed by atoms with Crippen molar-refractivity contribution < 1.29 is 4.74 Å². The standard InChI is InChI=1S/C12H18BrN3O/c1-7(2)16-10-5-11(13)14-6-9(10)15-12(16)8(3)17-4/h5-8,12,15H,1-4H3. The summed E-state index contributed by atoms with van der Waals surface area (Å²) in [6, 6.07) is 2.45. The number of halogens is 1. The molecule has 1 N–H and O–H groups in total. The molecule has 0 fully saturated rings. The van der Waals surface area contributed by atoms with Crippen LogP contribution in [0.2, 0.25) is 0 Å². The summed E-state index contributed by atoms with van der Waals surface area (Å²) >= 11 is 3.42. The lowest BCUT2D eigenvalue weighted by atomic mass is 10.2. The van der Waals surface area contributed by atoms with Gasteiger partial charge in [-0.3, -0.25) is 0 Å². The summed E-state index contributed by atoms with van der Waals surface area (Å²) in [5.41, 5.74) is 2.24. The molecule has 2 heterocycles. The van der Waals surface area contributed by atoms with Gasteiger partial charge in [-0.15, -0.1) is 0 Å². The Kier molecular flexibility index (Phi) is 3.58. The first-order chi connectivity index (χ1) is 8.04. The summed E-state index contributed by atoms with van der Waals surface area (Å²) in [6.07, 6.45) is 2.13. The number of anilines is 2. The van der Waals surface area contributed by atoms with E-state index in [1.807, 2.05) is 12.3 Å². The molecular weight excluding hydrogens is 282 g/mol. The number of ether oxygens (including phenoxy) is 1. The molecule has 0 spiro atoms. The summed E-state index contributed by atoms with van der Waals surface area (Å²) in [7, 11) is 1.74. The van der Waals surface area contributed by atoms with Crippen LogP contribution in [-0.2, 0) is 4.74 Å². The molecule has 17 heavy (non-hydrogen) atoms. The molecule has 1 aliphatic heterocycles. The number of rotatable bonds is 3. The smallest absolute Gasteiger partial charge is 0.126 e. The third kappa shape index (κ3) is 2.26. The monoisotopic (exact) mass is 299 g/mol. The van der Waals surface area contributed by atoms with E-state index in [1.165, 1.54) is 5.69 Å². The van der Waals surface area contributed by atoms with Gasteiger partial charge in [0.05, 0.1) is 23.7 Å². The van der Waals surface area contributed by atoms with E-state index in [9.17, 15) is 0 Å². The quantitative estimate of drug-likeness (QED) is 0.871. The molecule has 1 aromatic heterocycles. The van der Waals surface area contributed by atoms with Crippen molar-refractivity contribution in [1.82, 2.24) is 4.98 Å². The van der Waals surface area contributed by atoms with Crippen LogP contribution in [0.4, 0.5) is 11.4 Å². The van der Waals surface area contributed by atoms with Crippen LogP contribution in [0.1, 0.15) is 20.8 Å². The van der Waals surface area contributed by atoms with Crippen molar-refractivity contribution in [3.63, 3.8) is 0 Å². The van der Waals surface area contributed by atoms with E-state index < -0.39 is 0 Å². The van der Waals surface area contributed by atoms with E-state index >= 15 is 0 Å². The molecule has 0 saturated heterocycles. The first-order valence-corrected chi connectivity index (χ1v) is 6.57. The van der Waals surface area contributed by atoms with Gasteiger partial charge in [0, 0.05) is 13.2 Å². The Bertz CT molecular complexity index is 411. The average Bonchev–Trinajstić information content (AvgIpc) is 2.66. The lowest BCUT2D eigenvalue weighted by Crippen LogP contribution is -2.47. The highest BCUT2D eigenvalue weighted by Crippen LogP contribution is 2.38. The van der Waals surface area contributed by atoms with Crippen molar-refractivity contribution >= 4 is 27.3 Å². The number of aromatic nitrogens is 1. The Balaban J connectivity index is 2.38. The first kappa shape index (κ1) is 12.6. The molecule has 0 saturated carbocycles. The molecule has 0 radical (unpaired) electrons. The van der Waals surface area contributed by atoms with Gasteiger partial charge in [0.1, 0.15) is 10.8 Å². The molecule has 4 nitrogen and oxygen atoms in total. The summed E-state index contributed by atoms with van der Waals surface area (Å²) in [5, 5.41) is 3.46. The molecule has 2 rings (SSSR count). The number of fused-ring (bicyclic) bond motifs is 1. The minimum atomic E-state index is 0.114. The van der Waals surface area contributed by atoms with E-state index in [0.717, 1.165) is 10.3 Å². The van der Waals surface area contributed by atoms with Crippen molar-refractivity contribution in [1.29, 1.82) is 0 Å². The molecule has 0 amide bonds. The lowest BCUT2D eigenvalue weighted by molar-refractivity contribution is 0.100. The zero-order valence-electron chi connectivity index (χ0n) is 10.6. The SMILES string of the molecule is COC(C)C1Nc2cnc(Br)cc2N1C(C)C. The molecule has 0 aromatic carbocycles. The fraction of sp³-hybridized carbons (Fsp3) is 0.583. The highest BCUT2D eigenvalue weighted by Gasteiger charge is 2.34. The normalized spacial score (nSPS) is 20.4. The zero-order valence-corrected chi connectivity index (χ0v) is 12.2. The number of nitrogens with zero attached hydrogens (tertiary/aromatic N) is 2. The largest absolute Gasteiger partial charge is 0.378 e. The third-order valence-corrected chi connectivity index (χ3v) is 3.54. The molecule has 1 aromatic rings. The van der Waals surface area contributed by atoms with E-state index in [4.69, 9.17) is 4.74 Å². The van der Waals surface area contributed by atoms with Gasteiger partial charge >= 0.3 is 0 Å². The van der Waals surface area contributed by atoms with Gasteiger partial charge < -0.3 is 15.0 Å².